The van der Waals surface area contributed by atoms with Gasteiger partial charge >= 0.3 is 6.18 Å². The van der Waals surface area contributed by atoms with E-state index in [2.05, 4.69) is 39.7 Å². The third-order valence-corrected chi connectivity index (χ3v) is 7.88. The molecule has 1 heterocycles. The molecule has 2 aromatic carbocycles. The van der Waals surface area contributed by atoms with Gasteiger partial charge in [-0.1, -0.05) is 12.0 Å². The summed E-state index contributed by atoms with van der Waals surface area (Å²) in [7, 11) is 5.29. The van der Waals surface area contributed by atoms with Crippen molar-refractivity contribution >= 4 is 28.2 Å². The van der Waals surface area contributed by atoms with Crippen LogP contribution in [0.2, 0.25) is 0 Å². The van der Waals surface area contributed by atoms with E-state index in [0.29, 0.717) is 29.2 Å². The van der Waals surface area contributed by atoms with E-state index in [4.69, 9.17) is 9.47 Å². The molecule has 8 nitrogen and oxygen atoms in total. The van der Waals surface area contributed by atoms with Crippen molar-refractivity contribution in [2.75, 3.05) is 58.4 Å². The van der Waals surface area contributed by atoms with Crippen molar-refractivity contribution in [2.45, 2.75) is 50.5 Å². The van der Waals surface area contributed by atoms with Crippen molar-refractivity contribution in [1.29, 1.82) is 0 Å². The molecule has 4 rings (SSSR count). The van der Waals surface area contributed by atoms with Crippen LogP contribution in [-0.2, 0) is 11.3 Å². The van der Waals surface area contributed by atoms with E-state index in [1.165, 1.54) is 17.7 Å². The normalized spacial score (nSPS) is 16.8. The molecule has 0 unspecified atom stereocenters. The molecule has 0 radical (unpaired) electrons. The number of ether oxygens (including phenoxy) is 2. The Kier molecular flexibility index (Phi) is 11.4. The summed E-state index contributed by atoms with van der Waals surface area (Å²) in [6, 6.07) is 12.2. The minimum Gasteiger partial charge on any atom is -0.461 e. The van der Waals surface area contributed by atoms with Gasteiger partial charge in [-0.2, -0.15) is 13.2 Å². The number of rotatable bonds is 12. The second kappa shape index (κ2) is 15.2. The summed E-state index contributed by atoms with van der Waals surface area (Å²) >= 11 is 0. The first-order chi connectivity index (χ1) is 21.1. The second-order valence-electron chi connectivity index (χ2n) is 10.8. The molecule has 1 aromatic heterocycles. The van der Waals surface area contributed by atoms with Gasteiger partial charge in [-0.15, -0.1) is 0 Å². The van der Waals surface area contributed by atoms with Crippen LogP contribution in [0.1, 0.15) is 41.7 Å². The average Bonchev–Trinajstić information content (AvgIpc) is 3.35. The zero-order valence-corrected chi connectivity index (χ0v) is 25.2. The van der Waals surface area contributed by atoms with Gasteiger partial charge in [0.25, 0.3) is 5.91 Å². The Balaban J connectivity index is 1.52. The third kappa shape index (κ3) is 8.57. The van der Waals surface area contributed by atoms with Crippen LogP contribution in [0.3, 0.4) is 0 Å². The number of carbonyl (C=O) groups excluding carboxylic acids is 1. The Labute approximate surface area is 255 Å². The zero-order chi connectivity index (χ0) is 31.7. The number of benzene rings is 2. The van der Waals surface area contributed by atoms with E-state index in [9.17, 15) is 22.4 Å². The lowest BCUT2D eigenvalue weighted by atomic mass is 9.90. The molecule has 1 fully saturated rings. The van der Waals surface area contributed by atoms with Gasteiger partial charge in [0.1, 0.15) is 12.3 Å². The maximum Gasteiger partial charge on any atom is 0.406 e. The number of halogens is 4. The number of carbonyl (C=O) groups is 1. The van der Waals surface area contributed by atoms with Crippen molar-refractivity contribution < 1.29 is 31.8 Å². The van der Waals surface area contributed by atoms with Crippen molar-refractivity contribution in [2.24, 2.45) is 0 Å². The Morgan fingerprint density at radius 1 is 1.11 bits per heavy atom. The third-order valence-electron chi connectivity index (χ3n) is 7.88. The lowest BCUT2D eigenvalue weighted by Gasteiger charge is -2.35. The molecule has 0 atom stereocenters. The molecule has 1 aliphatic carbocycles. The first-order valence-corrected chi connectivity index (χ1v) is 14.6. The minimum atomic E-state index is -4.44. The van der Waals surface area contributed by atoms with Gasteiger partial charge in [0.15, 0.2) is 0 Å². The smallest absolute Gasteiger partial charge is 0.406 e. The van der Waals surface area contributed by atoms with Gasteiger partial charge in [-0.05, 0) is 75.0 Å². The summed E-state index contributed by atoms with van der Waals surface area (Å²) in [5, 5.41) is 9.74. The molecule has 0 spiro atoms. The summed E-state index contributed by atoms with van der Waals surface area (Å²) in [4.78, 5) is 14.2. The molecular weight excluding hydrogens is 578 g/mol. The molecule has 1 amide bonds. The van der Waals surface area contributed by atoms with E-state index < -0.39 is 19.6 Å². The summed E-state index contributed by atoms with van der Waals surface area (Å²) in [6.07, 6.45) is -0.475. The number of hydrogen-bond acceptors (Lipinski definition) is 6. The summed E-state index contributed by atoms with van der Waals surface area (Å²) in [5.74, 6) is 5.52. The maximum absolute atomic E-state index is 13.6. The van der Waals surface area contributed by atoms with Gasteiger partial charge < -0.3 is 34.9 Å². The fourth-order valence-electron chi connectivity index (χ4n) is 5.57. The summed E-state index contributed by atoms with van der Waals surface area (Å²) in [5.41, 5.74) is 2.14. The Morgan fingerprint density at radius 2 is 1.89 bits per heavy atom. The highest BCUT2D eigenvalue weighted by Gasteiger charge is 2.30. The zero-order valence-electron chi connectivity index (χ0n) is 25.2. The molecule has 0 aliphatic heterocycles. The Hall–Kier alpha value is -3.95. The molecule has 0 saturated heterocycles. The molecule has 12 heteroatoms. The topological polar surface area (TPSA) is 79.8 Å². The van der Waals surface area contributed by atoms with Gasteiger partial charge in [-0.3, -0.25) is 4.79 Å². The number of aromatic nitrogens is 1. The SMILES string of the molecule is CNC(=O)c1ccc(NCC#Cc2cc3c(N[C@H]4CC[C@H](N(C)CCOC)CC4)cccc3n2CC(F)(F)F)c(OCF)c1. The van der Waals surface area contributed by atoms with Gasteiger partial charge in [0.2, 0.25) is 6.86 Å². The van der Waals surface area contributed by atoms with E-state index in [0.717, 1.165) is 37.9 Å². The number of fused-ring (bicyclic) bond motifs is 1. The molecular formula is C32H39F4N5O3. The van der Waals surface area contributed by atoms with Crippen LogP contribution in [0.25, 0.3) is 10.9 Å². The molecule has 3 aromatic rings. The number of methoxy groups -OCH3 is 1. The lowest BCUT2D eigenvalue weighted by Crippen LogP contribution is -2.39. The van der Waals surface area contributed by atoms with Crippen LogP contribution in [0, 0.1) is 11.8 Å². The van der Waals surface area contributed by atoms with Crippen LogP contribution in [0.4, 0.5) is 28.9 Å². The quantitative estimate of drug-likeness (QED) is 0.181. The molecule has 1 aliphatic rings. The number of nitrogens with one attached hydrogen (secondary N) is 3. The van der Waals surface area contributed by atoms with E-state index in [1.807, 2.05) is 6.07 Å². The standard InChI is InChI=1S/C32H39F4N5O3/c1-37-31(42)22-9-14-28(30(18-22)44-21-33)38-15-5-6-25-19-26-27(7-4-8-29(26)41(25)20-32(34,35)36)39-23-10-12-24(13-11-23)40(2)16-17-43-3/h4,7-9,14,18-19,23-24,38-39H,10-13,15-17,20-21H2,1-3H3,(H,37,42)/t23-,24-. The van der Waals surface area contributed by atoms with E-state index in [1.54, 1.807) is 37.4 Å². The van der Waals surface area contributed by atoms with Crippen molar-refractivity contribution in [1.82, 2.24) is 14.8 Å². The average molecular weight is 618 g/mol. The predicted molar refractivity (Wildman–Crippen MR) is 164 cm³/mol. The number of hydrogen-bond donors (Lipinski definition) is 3. The Morgan fingerprint density at radius 3 is 2.57 bits per heavy atom. The largest absolute Gasteiger partial charge is 0.461 e. The highest BCUT2D eigenvalue weighted by molar-refractivity contribution is 5.95. The predicted octanol–water partition coefficient (Wildman–Crippen LogP) is 5.63. The number of nitrogens with zero attached hydrogens (tertiary/aromatic N) is 2. The molecule has 0 bridgehead atoms. The molecule has 3 N–H and O–H groups in total. The minimum absolute atomic E-state index is 0.0443. The fourth-order valence-corrected chi connectivity index (χ4v) is 5.57. The first kappa shape index (κ1) is 33.0. The van der Waals surface area contributed by atoms with Crippen LogP contribution in [0.5, 0.6) is 5.75 Å². The van der Waals surface area contributed by atoms with E-state index in [-0.39, 0.29) is 35.5 Å². The summed E-state index contributed by atoms with van der Waals surface area (Å²) in [6.45, 7) is -0.665. The number of amides is 1. The fraction of sp³-hybridized carbons (Fsp3) is 0.469. The van der Waals surface area contributed by atoms with Crippen molar-refractivity contribution in [3.05, 3.63) is 53.7 Å². The first-order valence-electron chi connectivity index (χ1n) is 14.6. The number of likely N-dealkylation sites (N-methyl/N-ethyl adjacent to an activating group) is 1. The Bertz CT molecular complexity index is 1470. The van der Waals surface area contributed by atoms with E-state index >= 15 is 0 Å². The number of alkyl halides is 4. The highest BCUT2D eigenvalue weighted by Crippen LogP contribution is 2.33. The summed E-state index contributed by atoms with van der Waals surface area (Å²) < 4.78 is 65.3. The monoisotopic (exact) mass is 617 g/mol. The van der Waals surface area contributed by atoms with Gasteiger partial charge in [-0.25, -0.2) is 4.39 Å². The highest BCUT2D eigenvalue weighted by atomic mass is 19.4. The molecule has 1 saturated carbocycles. The van der Waals surface area contributed by atoms with Crippen LogP contribution >= 0.6 is 0 Å². The van der Waals surface area contributed by atoms with Crippen LogP contribution in [0.15, 0.2) is 42.5 Å². The molecule has 238 valence electrons. The second-order valence-corrected chi connectivity index (χ2v) is 10.8. The van der Waals surface area contributed by atoms with Gasteiger partial charge in [0, 0.05) is 49.4 Å². The van der Waals surface area contributed by atoms with Crippen LogP contribution in [-0.4, -0.2) is 81.4 Å². The van der Waals surface area contributed by atoms with Crippen LogP contribution < -0.4 is 20.7 Å². The van der Waals surface area contributed by atoms with Crippen molar-refractivity contribution in [3.63, 3.8) is 0 Å². The molecule has 44 heavy (non-hydrogen) atoms. The maximum atomic E-state index is 13.6. The number of anilines is 2. The van der Waals surface area contributed by atoms with Gasteiger partial charge in [0.05, 0.1) is 30.0 Å². The lowest BCUT2D eigenvalue weighted by molar-refractivity contribution is -0.140. The van der Waals surface area contributed by atoms with Crippen molar-refractivity contribution in [3.8, 4) is 17.6 Å².